The Balaban J connectivity index is 1.72. The first-order chi connectivity index (χ1) is 16.7. The molecule has 4 heterocycles. The minimum absolute atomic E-state index is 0.00131. The van der Waals surface area contributed by atoms with Crippen LogP contribution in [0.15, 0.2) is 47.1 Å². The molecule has 35 heavy (non-hydrogen) atoms. The van der Waals surface area contributed by atoms with E-state index in [-0.39, 0.29) is 10.9 Å². The van der Waals surface area contributed by atoms with Crippen molar-refractivity contribution in [3.8, 4) is 27.5 Å². The molecule has 8 nitrogen and oxygen atoms in total. The highest BCUT2D eigenvalue weighted by Gasteiger charge is 2.28. The first-order valence-corrected chi connectivity index (χ1v) is 12.9. The van der Waals surface area contributed by atoms with Crippen molar-refractivity contribution in [3.05, 3.63) is 64.3 Å². The smallest absolute Gasteiger partial charge is 0.355 e. The van der Waals surface area contributed by atoms with Gasteiger partial charge in [-0.2, -0.15) is 14.9 Å². The second kappa shape index (κ2) is 9.27. The number of aromatic nitrogens is 6. The monoisotopic (exact) mass is 544 g/mol. The summed E-state index contributed by atoms with van der Waals surface area (Å²) in [5.41, 5.74) is 3.61. The lowest BCUT2D eigenvalue weighted by Crippen LogP contribution is -2.09. The van der Waals surface area contributed by atoms with E-state index in [1.807, 2.05) is 6.07 Å². The summed E-state index contributed by atoms with van der Waals surface area (Å²) in [5, 5.41) is 20.7. The number of thioether (sulfide) groups is 1. The molecule has 5 rings (SSSR count). The number of thiazole rings is 1. The zero-order valence-corrected chi connectivity index (χ0v) is 21.9. The fraction of sp³-hybridized carbons (Fsp3) is 0.174. The minimum Gasteiger partial charge on any atom is -0.476 e. The minimum atomic E-state index is -1.12. The van der Waals surface area contributed by atoms with Crippen LogP contribution in [0.25, 0.3) is 33.2 Å². The van der Waals surface area contributed by atoms with Crippen molar-refractivity contribution >= 4 is 57.9 Å². The van der Waals surface area contributed by atoms with Crippen LogP contribution >= 0.6 is 46.3 Å². The number of aryl methyl sites for hydroxylation is 1. The number of hydrogen-bond acceptors (Lipinski definition) is 7. The van der Waals surface area contributed by atoms with Crippen LogP contribution in [-0.4, -0.2) is 45.7 Å². The molecule has 0 saturated heterocycles. The maximum absolute atomic E-state index is 12.5. The molecule has 0 saturated carbocycles. The van der Waals surface area contributed by atoms with Crippen molar-refractivity contribution in [2.24, 2.45) is 0 Å². The van der Waals surface area contributed by atoms with Gasteiger partial charge in [0, 0.05) is 28.8 Å². The number of hydrogen-bond donors (Lipinski definition) is 1. The largest absolute Gasteiger partial charge is 0.476 e. The average Bonchev–Trinajstić information content (AvgIpc) is 3.50. The Morgan fingerprint density at radius 3 is 2.74 bits per heavy atom. The normalized spacial score (nSPS) is 11.6. The predicted molar refractivity (Wildman–Crippen MR) is 139 cm³/mol. The molecular formula is C23H18Cl2N6O2S2. The number of fused-ring (bicyclic) bond motifs is 1. The van der Waals surface area contributed by atoms with Gasteiger partial charge in [-0.25, -0.2) is 19.3 Å². The van der Waals surface area contributed by atoms with Crippen LogP contribution in [0, 0.1) is 6.92 Å². The number of carbonyl (C=O) groups is 1. The number of carboxylic acids is 1. The Kier molecular flexibility index (Phi) is 6.30. The predicted octanol–water partition coefficient (Wildman–Crippen LogP) is 6.52. The number of aromatic carboxylic acids is 1. The van der Waals surface area contributed by atoms with Crippen LogP contribution in [0.3, 0.4) is 0 Å². The molecule has 0 atom stereocenters. The Labute approximate surface area is 218 Å². The molecule has 1 N–H and O–H groups in total. The molecular weight excluding hydrogens is 527 g/mol. The summed E-state index contributed by atoms with van der Waals surface area (Å²) in [7, 11) is 0. The number of nitrogens with zero attached hydrogens (tertiary/aromatic N) is 6. The Hall–Kier alpha value is -2.92. The van der Waals surface area contributed by atoms with E-state index >= 15 is 0 Å². The fourth-order valence-electron chi connectivity index (χ4n) is 3.69. The molecule has 4 aromatic heterocycles. The maximum atomic E-state index is 12.5. The molecule has 0 aliphatic rings. The van der Waals surface area contributed by atoms with Crippen LogP contribution < -0.4 is 0 Å². The van der Waals surface area contributed by atoms with E-state index in [0.717, 1.165) is 9.77 Å². The van der Waals surface area contributed by atoms with Gasteiger partial charge in [-0.1, -0.05) is 54.5 Å². The third kappa shape index (κ3) is 4.31. The van der Waals surface area contributed by atoms with Gasteiger partial charge in [0.25, 0.3) is 0 Å². The lowest BCUT2D eigenvalue weighted by molar-refractivity contribution is 0.0688. The van der Waals surface area contributed by atoms with Gasteiger partial charge in [-0.05, 0) is 25.1 Å². The summed E-state index contributed by atoms with van der Waals surface area (Å²) in [5.74, 6) is -1.12. The molecule has 0 amide bonds. The molecule has 0 unspecified atom stereocenters. The SMILES string of the molecule is Cc1nn(-c2nc(-c3ccc(Cl)c(Cl)c3)c(SC(C)C)s2)c(C(=O)O)c1-c1cnn2cccnc12. The lowest BCUT2D eigenvalue weighted by Gasteiger charge is -2.05. The van der Waals surface area contributed by atoms with E-state index < -0.39 is 5.97 Å². The van der Waals surface area contributed by atoms with Gasteiger partial charge in [-0.15, -0.1) is 11.8 Å². The summed E-state index contributed by atoms with van der Waals surface area (Å²) in [6.45, 7) is 5.93. The zero-order valence-electron chi connectivity index (χ0n) is 18.7. The highest BCUT2D eigenvalue weighted by atomic mass is 35.5. The first kappa shape index (κ1) is 23.8. The van der Waals surface area contributed by atoms with Crippen LogP contribution in [-0.2, 0) is 0 Å². The van der Waals surface area contributed by atoms with Crippen molar-refractivity contribution in [2.75, 3.05) is 0 Å². The van der Waals surface area contributed by atoms with E-state index in [4.69, 9.17) is 28.2 Å². The Bertz CT molecular complexity index is 1590. The molecule has 0 radical (unpaired) electrons. The van der Waals surface area contributed by atoms with Gasteiger partial charge < -0.3 is 5.11 Å². The molecule has 12 heteroatoms. The molecule has 1 aromatic carbocycles. The van der Waals surface area contributed by atoms with Gasteiger partial charge in [0.1, 0.15) is 0 Å². The van der Waals surface area contributed by atoms with Crippen molar-refractivity contribution in [2.45, 2.75) is 30.2 Å². The van der Waals surface area contributed by atoms with Crippen LogP contribution in [0.2, 0.25) is 10.0 Å². The number of halogens is 2. The summed E-state index contributed by atoms with van der Waals surface area (Å²) in [4.78, 5) is 21.7. The Morgan fingerprint density at radius 2 is 2.03 bits per heavy atom. The molecule has 0 bridgehead atoms. The highest BCUT2D eigenvalue weighted by Crippen LogP contribution is 2.42. The van der Waals surface area contributed by atoms with Crippen molar-refractivity contribution in [1.29, 1.82) is 0 Å². The van der Waals surface area contributed by atoms with Gasteiger partial charge in [0.2, 0.25) is 5.13 Å². The number of carboxylic acid groups (broad SMARTS) is 1. The maximum Gasteiger partial charge on any atom is 0.355 e. The summed E-state index contributed by atoms with van der Waals surface area (Å²) in [6.07, 6.45) is 5.00. The van der Waals surface area contributed by atoms with Crippen molar-refractivity contribution < 1.29 is 9.90 Å². The van der Waals surface area contributed by atoms with Gasteiger partial charge in [0.05, 0.1) is 37.4 Å². The summed E-state index contributed by atoms with van der Waals surface area (Å²) >= 11 is 15.4. The summed E-state index contributed by atoms with van der Waals surface area (Å²) < 4.78 is 3.91. The van der Waals surface area contributed by atoms with Crippen LogP contribution in [0.4, 0.5) is 0 Å². The van der Waals surface area contributed by atoms with E-state index in [1.54, 1.807) is 60.0 Å². The molecule has 0 aliphatic heterocycles. The van der Waals surface area contributed by atoms with Crippen LogP contribution in [0.5, 0.6) is 0 Å². The van der Waals surface area contributed by atoms with Gasteiger partial charge >= 0.3 is 5.97 Å². The third-order valence-electron chi connectivity index (χ3n) is 5.11. The highest BCUT2D eigenvalue weighted by molar-refractivity contribution is 8.01. The average molecular weight is 545 g/mol. The van der Waals surface area contributed by atoms with E-state index in [1.165, 1.54) is 16.0 Å². The number of rotatable bonds is 6. The molecule has 5 aromatic rings. The molecule has 0 fully saturated rings. The zero-order chi connectivity index (χ0) is 24.9. The third-order valence-corrected chi connectivity index (χ3v) is 8.10. The van der Waals surface area contributed by atoms with Crippen molar-refractivity contribution in [3.63, 3.8) is 0 Å². The quantitative estimate of drug-likeness (QED) is 0.243. The molecule has 0 spiro atoms. The van der Waals surface area contributed by atoms with Crippen molar-refractivity contribution in [1.82, 2.24) is 29.4 Å². The lowest BCUT2D eigenvalue weighted by atomic mass is 10.1. The Morgan fingerprint density at radius 1 is 1.23 bits per heavy atom. The van der Waals surface area contributed by atoms with Gasteiger partial charge in [-0.3, -0.25) is 0 Å². The van der Waals surface area contributed by atoms with E-state index in [0.29, 0.717) is 43.3 Å². The second-order valence-electron chi connectivity index (χ2n) is 7.90. The topological polar surface area (TPSA) is 98.2 Å². The fourth-order valence-corrected chi connectivity index (χ4v) is 6.47. The molecule has 0 aliphatic carbocycles. The number of benzene rings is 1. The van der Waals surface area contributed by atoms with Crippen LogP contribution in [0.1, 0.15) is 30.0 Å². The van der Waals surface area contributed by atoms with Gasteiger partial charge in [0.15, 0.2) is 11.3 Å². The summed E-state index contributed by atoms with van der Waals surface area (Å²) in [6, 6.07) is 7.08. The first-order valence-electron chi connectivity index (χ1n) is 10.5. The van der Waals surface area contributed by atoms with E-state index in [9.17, 15) is 9.90 Å². The molecule has 178 valence electrons. The van der Waals surface area contributed by atoms with E-state index in [2.05, 4.69) is 29.0 Å². The second-order valence-corrected chi connectivity index (χ2v) is 11.5. The standard InChI is InChI=1S/C23H18Cl2N6O2S2/c1-11(2)34-22-18(13-5-6-15(24)16(25)9-13)28-23(35-22)31-19(21(32)33)17(12(3)29-31)14-10-27-30-8-4-7-26-20(14)30/h4-11H,1-3H3,(H,32,33).